The molecule has 0 unspecified atom stereocenters. The number of nitrogen functional groups attached to an aromatic ring is 1. The van der Waals surface area contributed by atoms with E-state index in [0.717, 1.165) is 5.56 Å². The third kappa shape index (κ3) is 1.85. The molecule has 0 saturated heterocycles. The first kappa shape index (κ1) is 9.02. The molecule has 0 amide bonds. The van der Waals surface area contributed by atoms with Gasteiger partial charge in [0.2, 0.25) is 0 Å². The molecule has 72 valence electrons. The zero-order valence-electron chi connectivity index (χ0n) is 7.39. The Labute approximate surface area is 86.3 Å². The maximum atomic E-state index is 5.74. The van der Waals surface area contributed by atoms with E-state index in [1.54, 1.807) is 23.3 Å². The van der Waals surface area contributed by atoms with Gasteiger partial charge in [-0.05, 0) is 6.07 Å². The maximum Gasteiger partial charge on any atom is 0.128 e. The summed E-state index contributed by atoms with van der Waals surface area (Å²) in [6.07, 6.45) is 5.00. The van der Waals surface area contributed by atoms with Gasteiger partial charge < -0.3 is 5.73 Å². The number of anilines is 1. The van der Waals surface area contributed by atoms with Crippen LogP contribution in [0.4, 0.5) is 5.82 Å². The van der Waals surface area contributed by atoms with Gasteiger partial charge in [-0.2, -0.15) is 5.10 Å². The molecule has 0 atom stereocenters. The van der Waals surface area contributed by atoms with E-state index in [1.807, 2.05) is 12.1 Å². The molecular weight excluding hydrogens is 200 g/mol. The largest absolute Gasteiger partial charge is 0.383 e. The van der Waals surface area contributed by atoms with E-state index >= 15 is 0 Å². The number of pyridine rings is 1. The Hall–Kier alpha value is -1.55. The van der Waals surface area contributed by atoms with Crippen LogP contribution in [0.2, 0.25) is 5.02 Å². The number of nitrogens with zero attached hydrogens (tertiary/aromatic N) is 3. The third-order valence-electron chi connectivity index (χ3n) is 1.86. The summed E-state index contributed by atoms with van der Waals surface area (Å²) in [7, 11) is 0. The Morgan fingerprint density at radius 3 is 3.00 bits per heavy atom. The molecule has 2 aromatic heterocycles. The van der Waals surface area contributed by atoms with Crippen molar-refractivity contribution in [1.82, 2.24) is 14.8 Å². The molecule has 5 heteroatoms. The van der Waals surface area contributed by atoms with E-state index in [-0.39, 0.29) is 0 Å². The van der Waals surface area contributed by atoms with E-state index in [9.17, 15) is 0 Å². The zero-order valence-corrected chi connectivity index (χ0v) is 8.15. The van der Waals surface area contributed by atoms with Crippen molar-refractivity contribution < 1.29 is 0 Å². The lowest BCUT2D eigenvalue weighted by Gasteiger charge is -2.03. The summed E-state index contributed by atoms with van der Waals surface area (Å²) in [5.41, 5.74) is 6.63. The molecule has 0 aliphatic carbocycles. The highest BCUT2D eigenvalue weighted by Crippen LogP contribution is 2.11. The lowest BCUT2D eigenvalue weighted by Crippen LogP contribution is -2.04. The average Bonchev–Trinajstić information content (AvgIpc) is 2.56. The number of aromatic nitrogens is 3. The van der Waals surface area contributed by atoms with Crippen molar-refractivity contribution in [1.29, 1.82) is 0 Å². The standard InChI is InChI=1S/C9H9ClN4/c10-8-4-13-14(6-8)5-7-2-1-3-12-9(7)11/h1-4,6H,5H2,(H2,11,12). The van der Waals surface area contributed by atoms with Crippen LogP contribution in [0.1, 0.15) is 5.56 Å². The molecular formula is C9H9ClN4. The molecule has 0 fully saturated rings. The summed E-state index contributed by atoms with van der Waals surface area (Å²) >= 11 is 5.74. The molecule has 0 aromatic carbocycles. The van der Waals surface area contributed by atoms with Crippen LogP contribution < -0.4 is 5.73 Å². The van der Waals surface area contributed by atoms with Crippen LogP contribution in [0.5, 0.6) is 0 Å². The monoisotopic (exact) mass is 208 g/mol. The van der Waals surface area contributed by atoms with Crippen molar-refractivity contribution in [2.24, 2.45) is 0 Å². The van der Waals surface area contributed by atoms with Crippen LogP contribution in [0.15, 0.2) is 30.7 Å². The first-order valence-electron chi connectivity index (χ1n) is 4.13. The summed E-state index contributed by atoms with van der Waals surface area (Å²) in [4.78, 5) is 3.99. The highest BCUT2D eigenvalue weighted by molar-refractivity contribution is 6.30. The smallest absolute Gasteiger partial charge is 0.128 e. The van der Waals surface area contributed by atoms with E-state index in [1.165, 1.54) is 0 Å². The molecule has 0 spiro atoms. The van der Waals surface area contributed by atoms with Crippen molar-refractivity contribution in [2.75, 3.05) is 5.73 Å². The van der Waals surface area contributed by atoms with Crippen LogP contribution in [0.3, 0.4) is 0 Å². The number of nitrogens with two attached hydrogens (primary N) is 1. The van der Waals surface area contributed by atoms with E-state index in [4.69, 9.17) is 17.3 Å². The SMILES string of the molecule is Nc1ncccc1Cn1cc(Cl)cn1. The normalized spacial score (nSPS) is 10.4. The predicted molar refractivity (Wildman–Crippen MR) is 55.0 cm³/mol. The van der Waals surface area contributed by atoms with E-state index in [2.05, 4.69) is 10.1 Å². The van der Waals surface area contributed by atoms with Gasteiger partial charge in [0.05, 0.1) is 17.8 Å². The Morgan fingerprint density at radius 2 is 2.36 bits per heavy atom. The average molecular weight is 209 g/mol. The summed E-state index contributed by atoms with van der Waals surface area (Å²) < 4.78 is 1.72. The lowest BCUT2D eigenvalue weighted by atomic mass is 10.2. The summed E-state index contributed by atoms with van der Waals surface area (Å²) in [6.45, 7) is 0.590. The summed E-state index contributed by atoms with van der Waals surface area (Å²) in [5, 5.41) is 4.67. The fourth-order valence-corrected chi connectivity index (χ4v) is 1.34. The predicted octanol–water partition coefficient (Wildman–Crippen LogP) is 1.56. The molecule has 4 nitrogen and oxygen atoms in total. The highest BCUT2D eigenvalue weighted by atomic mass is 35.5. The number of halogens is 1. The van der Waals surface area contributed by atoms with Gasteiger partial charge in [0.1, 0.15) is 5.82 Å². The molecule has 0 aliphatic heterocycles. The molecule has 0 radical (unpaired) electrons. The topological polar surface area (TPSA) is 56.7 Å². The first-order valence-corrected chi connectivity index (χ1v) is 4.51. The molecule has 2 rings (SSSR count). The van der Waals surface area contributed by atoms with Gasteiger partial charge in [-0.15, -0.1) is 0 Å². The maximum absolute atomic E-state index is 5.74. The third-order valence-corrected chi connectivity index (χ3v) is 2.06. The number of hydrogen-bond acceptors (Lipinski definition) is 3. The van der Waals surface area contributed by atoms with E-state index in [0.29, 0.717) is 17.4 Å². The molecule has 2 aromatic rings. The Morgan fingerprint density at radius 1 is 1.50 bits per heavy atom. The summed E-state index contributed by atoms with van der Waals surface area (Å²) in [5.74, 6) is 0.527. The second-order valence-electron chi connectivity index (χ2n) is 2.90. The fourth-order valence-electron chi connectivity index (χ4n) is 1.18. The zero-order chi connectivity index (χ0) is 9.97. The Bertz CT molecular complexity index is 438. The quantitative estimate of drug-likeness (QED) is 0.815. The van der Waals surface area contributed by atoms with Gasteiger partial charge in [0, 0.05) is 18.0 Å². The highest BCUT2D eigenvalue weighted by Gasteiger charge is 2.01. The van der Waals surface area contributed by atoms with Crippen molar-refractivity contribution in [3.63, 3.8) is 0 Å². The Kier molecular flexibility index (Phi) is 2.37. The van der Waals surface area contributed by atoms with Crippen molar-refractivity contribution in [3.05, 3.63) is 41.3 Å². The number of hydrogen-bond donors (Lipinski definition) is 1. The second-order valence-corrected chi connectivity index (χ2v) is 3.34. The minimum atomic E-state index is 0.527. The Balaban J connectivity index is 2.23. The molecule has 2 heterocycles. The number of rotatable bonds is 2. The van der Waals surface area contributed by atoms with Gasteiger partial charge in [-0.3, -0.25) is 4.68 Å². The second kappa shape index (κ2) is 3.67. The van der Waals surface area contributed by atoms with Crippen LogP contribution in [-0.4, -0.2) is 14.8 Å². The summed E-state index contributed by atoms with van der Waals surface area (Å²) in [6, 6.07) is 3.76. The fraction of sp³-hybridized carbons (Fsp3) is 0.111. The van der Waals surface area contributed by atoms with Gasteiger partial charge >= 0.3 is 0 Å². The molecule has 14 heavy (non-hydrogen) atoms. The van der Waals surface area contributed by atoms with E-state index < -0.39 is 0 Å². The van der Waals surface area contributed by atoms with Crippen molar-refractivity contribution in [3.8, 4) is 0 Å². The van der Waals surface area contributed by atoms with Gasteiger partial charge in [-0.1, -0.05) is 17.7 Å². The minimum absolute atomic E-state index is 0.527. The van der Waals surface area contributed by atoms with Gasteiger partial charge in [0.15, 0.2) is 0 Å². The molecule has 2 N–H and O–H groups in total. The molecule has 0 bridgehead atoms. The van der Waals surface area contributed by atoms with Crippen LogP contribution in [0.25, 0.3) is 0 Å². The molecule has 0 saturated carbocycles. The minimum Gasteiger partial charge on any atom is -0.383 e. The first-order chi connectivity index (χ1) is 6.75. The van der Waals surface area contributed by atoms with Crippen LogP contribution in [-0.2, 0) is 6.54 Å². The van der Waals surface area contributed by atoms with Gasteiger partial charge in [-0.25, -0.2) is 4.98 Å². The van der Waals surface area contributed by atoms with Crippen molar-refractivity contribution >= 4 is 17.4 Å². The van der Waals surface area contributed by atoms with Gasteiger partial charge in [0.25, 0.3) is 0 Å². The van der Waals surface area contributed by atoms with Crippen molar-refractivity contribution in [2.45, 2.75) is 6.54 Å². The lowest BCUT2D eigenvalue weighted by molar-refractivity contribution is 0.686. The van der Waals surface area contributed by atoms with Crippen LogP contribution >= 0.6 is 11.6 Å². The molecule has 0 aliphatic rings. The van der Waals surface area contributed by atoms with Crippen LogP contribution in [0, 0.1) is 0 Å².